The number of rotatable bonds is 4. The second-order valence-corrected chi connectivity index (χ2v) is 5.89. The normalized spacial score (nSPS) is 23.7. The Hall–Kier alpha value is -2.33. The van der Waals surface area contributed by atoms with E-state index in [2.05, 4.69) is 0 Å². The third-order valence-electron chi connectivity index (χ3n) is 4.41. The van der Waals surface area contributed by atoms with Gasteiger partial charge in [-0.15, -0.1) is 0 Å². The van der Waals surface area contributed by atoms with E-state index in [1.165, 1.54) is 0 Å². The molecule has 0 saturated carbocycles. The second-order valence-electron chi connectivity index (χ2n) is 5.89. The van der Waals surface area contributed by atoms with Gasteiger partial charge in [-0.25, -0.2) is 4.79 Å². The molecule has 120 valence electrons. The van der Waals surface area contributed by atoms with Gasteiger partial charge in [0.05, 0.1) is 13.2 Å². The molecule has 2 atom stereocenters. The fourth-order valence-electron chi connectivity index (χ4n) is 3.21. The summed E-state index contributed by atoms with van der Waals surface area (Å²) in [5, 5.41) is 9.91. The van der Waals surface area contributed by atoms with Crippen LogP contribution in [-0.2, 0) is 15.1 Å². The molecule has 1 aliphatic heterocycles. The van der Waals surface area contributed by atoms with E-state index in [-0.39, 0.29) is 6.10 Å². The van der Waals surface area contributed by atoms with Crippen LogP contribution in [0.5, 0.6) is 5.75 Å². The summed E-state index contributed by atoms with van der Waals surface area (Å²) in [7, 11) is 1.55. The summed E-state index contributed by atoms with van der Waals surface area (Å²) < 4.78 is 11.5. The van der Waals surface area contributed by atoms with Crippen LogP contribution in [0.25, 0.3) is 0 Å². The minimum Gasteiger partial charge on any atom is -0.496 e. The van der Waals surface area contributed by atoms with E-state index >= 15 is 0 Å². The van der Waals surface area contributed by atoms with Gasteiger partial charge in [0.25, 0.3) is 0 Å². The van der Waals surface area contributed by atoms with Crippen LogP contribution in [0.4, 0.5) is 0 Å². The van der Waals surface area contributed by atoms with E-state index in [1.54, 1.807) is 13.2 Å². The Morgan fingerprint density at radius 1 is 1.26 bits per heavy atom. The lowest BCUT2D eigenvalue weighted by Crippen LogP contribution is -2.35. The van der Waals surface area contributed by atoms with Crippen LogP contribution in [0.15, 0.2) is 48.5 Å². The number of hydrogen-bond donors (Lipinski definition) is 1. The first-order valence-electron chi connectivity index (χ1n) is 7.68. The quantitative estimate of drug-likeness (QED) is 0.932. The molecule has 2 unspecified atom stereocenters. The first-order chi connectivity index (χ1) is 11.1. The number of hydrogen-bond acceptors (Lipinski definition) is 3. The molecule has 2 aromatic rings. The molecule has 0 amide bonds. The third kappa shape index (κ3) is 2.70. The van der Waals surface area contributed by atoms with Crippen molar-refractivity contribution in [3.8, 4) is 5.75 Å². The van der Waals surface area contributed by atoms with Crippen LogP contribution in [0, 0.1) is 6.92 Å². The average molecular weight is 312 g/mol. The number of carboxylic acid groups (broad SMARTS) is 1. The predicted octanol–water partition coefficient (Wildman–Crippen LogP) is 3.84. The van der Waals surface area contributed by atoms with Gasteiger partial charge >= 0.3 is 5.97 Å². The highest BCUT2D eigenvalue weighted by molar-refractivity contribution is 5.81. The average Bonchev–Trinajstić information content (AvgIpc) is 3.02. The standard InChI is InChI=1S/C19H20O4/c1-13-8-9-17(22-2)15(12-13)19(18(20)21)11-10-16(23-19)14-6-4-3-5-7-14/h3-9,12,16H,10-11H2,1-2H3,(H,20,21). The predicted molar refractivity (Wildman–Crippen MR) is 86.5 cm³/mol. The largest absolute Gasteiger partial charge is 0.496 e. The minimum atomic E-state index is -1.36. The lowest BCUT2D eigenvalue weighted by Gasteiger charge is -2.27. The number of carbonyl (C=O) groups is 1. The van der Waals surface area contributed by atoms with Crippen molar-refractivity contribution < 1.29 is 19.4 Å². The molecule has 1 heterocycles. The molecule has 0 radical (unpaired) electrons. The fourth-order valence-corrected chi connectivity index (χ4v) is 3.21. The number of aliphatic carboxylic acids is 1. The van der Waals surface area contributed by atoms with Gasteiger partial charge in [0.2, 0.25) is 0 Å². The highest BCUT2D eigenvalue weighted by Gasteiger charge is 2.50. The van der Waals surface area contributed by atoms with Gasteiger partial charge in [0.15, 0.2) is 5.60 Å². The zero-order chi connectivity index (χ0) is 16.4. The monoisotopic (exact) mass is 312 g/mol. The second kappa shape index (κ2) is 6.05. The van der Waals surface area contributed by atoms with Crippen LogP contribution < -0.4 is 4.74 Å². The van der Waals surface area contributed by atoms with Crippen molar-refractivity contribution in [2.75, 3.05) is 7.11 Å². The Morgan fingerprint density at radius 3 is 2.65 bits per heavy atom. The van der Waals surface area contributed by atoms with Crippen molar-refractivity contribution >= 4 is 5.97 Å². The lowest BCUT2D eigenvalue weighted by molar-refractivity contribution is -0.166. The molecular formula is C19H20O4. The molecule has 0 spiro atoms. The third-order valence-corrected chi connectivity index (χ3v) is 4.41. The maximum atomic E-state index is 12.1. The smallest absolute Gasteiger partial charge is 0.340 e. The Balaban J connectivity index is 2.03. The van der Waals surface area contributed by atoms with E-state index in [9.17, 15) is 9.90 Å². The number of ether oxygens (including phenoxy) is 2. The molecule has 1 N–H and O–H groups in total. The van der Waals surface area contributed by atoms with E-state index in [0.29, 0.717) is 24.2 Å². The van der Waals surface area contributed by atoms with E-state index in [4.69, 9.17) is 9.47 Å². The molecule has 3 rings (SSSR count). The van der Waals surface area contributed by atoms with Crippen LogP contribution in [-0.4, -0.2) is 18.2 Å². The van der Waals surface area contributed by atoms with Crippen molar-refractivity contribution in [1.29, 1.82) is 0 Å². The number of aryl methyl sites for hydroxylation is 1. The number of carboxylic acids is 1. The Kier molecular flexibility index (Phi) is 4.09. The number of benzene rings is 2. The summed E-state index contributed by atoms with van der Waals surface area (Å²) in [6.07, 6.45) is 0.854. The van der Waals surface area contributed by atoms with Gasteiger partial charge in [0.1, 0.15) is 5.75 Å². The van der Waals surface area contributed by atoms with Gasteiger partial charge < -0.3 is 14.6 Å². The highest BCUT2D eigenvalue weighted by Crippen LogP contribution is 2.48. The first-order valence-corrected chi connectivity index (χ1v) is 7.68. The Bertz CT molecular complexity index is 711. The van der Waals surface area contributed by atoms with Gasteiger partial charge in [-0.3, -0.25) is 0 Å². The molecule has 1 fully saturated rings. The number of methoxy groups -OCH3 is 1. The van der Waals surface area contributed by atoms with Gasteiger partial charge in [-0.1, -0.05) is 42.0 Å². The summed E-state index contributed by atoms with van der Waals surface area (Å²) >= 11 is 0. The molecule has 0 bridgehead atoms. The summed E-state index contributed by atoms with van der Waals surface area (Å²) in [5.74, 6) is -0.424. The Labute approximate surface area is 135 Å². The zero-order valence-electron chi connectivity index (χ0n) is 13.3. The van der Waals surface area contributed by atoms with Crippen LogP contribution >= 0.6 is 0 Å². The molecule has 23 heavy (non-hydrogen) atoms. The fraction of sp³-hybridized carbons (Fsp3) is 0.316. The van der Waals surface area contributed by atoms with Gasteiger partial charge in [0, 0.05) is 5.56 Å². The summed E-state index contributed by atoms with van der Waals surface area (Å²) in [5.41, 5.74) is 1.21. The van der Waals surface area contributed by atoms with Crippen molar-refractivity contribution in [3.05, 3.63) is 65.2 Å². The van der Waals surface area contributed by atoms with Crippen LogP contribution in [0.2, 0.25) is 0 Å². The van der Waals surface area contributed by atoms with Gasteiger partial charge in [-0.05, 0) is 37.5 Å². The summed E-state index contributed by atoms with van der Waals surface area (Å²) in [6.45, 7) is 1.93. The summed E-state index contributed by atoms with van der Waals surface area (Å²) in [6, 6.07) is 15.3. The van der Waals surface area contributed by atoms with Crippen LogP contribution in [0.3, 0.4) is 0 Å². The van der Waals surface area contributed by atoms with E-state index in [0.717, 1.165) is 11.1 Å². The topological polar surface area (TPSA) is 55.8 Å². The highest BCUT2D eigenvalue weighted by atomic mass is 16.5. The zero-order valence-corrected chi connectivity index (χ0v) is 13.3. The molecule has 2 aromatic carbocycles. The van der Waals surface area contributed by atoms with Crippen molar-refractivity contribution in [2.45, 2.75) is 31.5 Å². The van der Waals surface area contributed by atoms with Crippen molar-refractivity contribution in [1.82, 2.24) is 0 Å². The lowest BCUT2D eigenvalue weighted by atomic mass is 9.88. The molecule has 4 nitrogen and oxygen atoms in total. The maximum Gasteiger partial charge on any atom is 0.340 e. The van der Waals surface area contributed by atoms with Crippen molar-refractivity contribution in [2.24, 2.45) is 0 Å². The van der Waals surface area contributed by atoms with Crippen LogP contribution in [0.1, 0.15) is 35.6 Å². The van der Waals surface area contributed by atoms with Crippen molar-refractivity contribution in [3.63, 3.8) is 0 Å². The SMILES string of the molecule is COc1ccc(C)cc1C1(C(=O)O)CCC(c2ccccc2)O1. The Morgan fingerprint density at radius 2 is 2.00 bits per heavy atom. The van der Waals surface area contributed by atoms with E-state index < -0.39 is 11.6 Å². The molecule has 1 aliphatic rings. The van der Waals surface area contributed by atoms with E-state index in [1.807, 2.05) is 49.4 Å². The maximum absolute atomic E-state index is 12.1. The minimum absolute atomic E-state index is 0.225. The molecular weight excluding hydrogens is 292 g/mol. The molecule has 0 aromatic heterocycles. The molecule has 4 heteroatoms. The molecule has 0 aliphatic carbocycles. The molecule has 1 saturated heterocycles. The summed E-state index contributed by atoms with van der Waals surface area (Å²) in [4.78, 5) is 12.1. The first kappa shape index (κ1) is 15.6. The van der Waals surface area contributed by atoms with Gasteiger partial charge in [-0.2, -0.15) is 0 Å².